The first kappa shape index (κ1) is 24.9. The van der Waals surface area contributed by atoms with Crippen LogP contribution in [0, 0.1) is 5.92 Å². The van der Waals surface area contributed by atoms with Crippen LogP contribution in [-0.2, 0) is 11.3 Å². The molecule has 0 heterocycles. The van der Waals surface area contributed by atoms with Crippen LogP contribution in [0.5, 0.6) is 0 Å². The first-order valence-electron chi connectivity index (χ1n) is 11.9. The van der Waals surface area contributed by atoms with Crippen molar-refractivity contribution in [1.82, 2.24) is 5.32 Å². The molecule has 1 aliphatic rings. The summed E-state index contributed by atoms with van der Waals surface area (Å²) in [4.78, 5) is 24.8. The van der Waals surface area contributed by atoms with E-state index in [0.29, 0.717) is 16.5 Å². The van der Waals surface area contributed by atoms with Crippen molar-refractivity contribution in [3.05, 3.63) is 65.2 Å². The zero-order chi connectivity index (χ0) is 23.6. The number of nitrogens with one attached hydrogen (secondary N) is 2. The van der Waals surface area contributed by atoms with Crippen LogP contribution in [-0.4, -0.2) is 23.4 Å². The molecule has 1 amide bonds. The number of benzene rings is 2. The molecule has 0 bridgehead atoms. The molecule has 6 heteroatoms. The van der Waals surface area contributed by atoms with Gasteiger partial charge in [0.1, 0.15) is 11.6 Å². The van der Waals surface area contributed by atoms with Crippen LogP contribution in [0.2, 0.25) is 0 Å². The van der Waals surface area contributed by atoms with Crippen molar-refractivity contribution >= 4 is 35.3 Å². The lowest BCUT2D eigenvalue weighted by Crippen LogP contribution is -2.46. The molecular formula is C27H34N2O3S. The van der Waals surface area contributed by atoms with Crippen LogP contribution in [0.25, 0.3) is 0 Å². The van der Waals surface area contributed by atoms with Gasteiger partial charge in [-0.15, -0.1) is 0 Å². The number of para-hydroxylation sites is 1. The van der Waals surface area contributed by atoms with Gasteiger partial charge in [-0.05, 0) is 41.9 Å². The molecule has 2 aromatic rings. The molecule has 0 aliphatic heterocycles. The van der Waals surface area contributed by atoms with E-state index in [2.05, 4.69) is 16.7 Å². The molecule has 176 valence electrons. The number of carbonyl (C=O) groups excluding carboxylic acids is 2. The topological polar surface area (TPSA) is 67.4 Å². The second kappa shape index (κ2) is 12.5. The average Bonchev–Trinajstić information content (AvgIpc) is 3.11. The maximum Gasteiger partial charge on any atom is 0.408 e. The fraction of sp³-hybridized carbons (Fsp3) is 0.444. The zero-order valence-electron chi connectivity index (χ0n) is 19.5. The molecule has 2 aromatic carbocycles. The van der Waals surface area contributed by atoms with Gasteiger partial charge < -0.3 is 15.4 Å². The summed E-state index contributed by atoms with van der Waals surface area (Å²) < 4.78 is 5.39. The first-order chi connectivity index (χ1) is 16.0. The van der Waals surface area contributed by atoms with Crippen molar-refractivity contribution in [2.75, 3.05) is 5.32 Å². The molecule has 33 heavy (non-hydrogen) atoms. The summed E-state index contributed by atoms with van der Waals surface area (Å²) in [6.45, 7) is 4.18. The summed E-state index contributed by atoms with van der Waals surface area (Å²) >= 11 is 5.73. The standard InChI is InChI=1S/C27H34N2O3S/c1-19(2)24(29-27(31)32-18-20-11-6-5-7-12-20)26(33)28-25-22(17-30)15-10-16-23(25)21-13-8-3-4-9-14-21/h5-7,10-12,15-17,19,21,24H,3-4,8-9,13-14,18H2,1-2H3,(H,28,33)(H,29,31). The quantitative estimate of drug-likeness (QED) is 0.260. The number of ether oxygens (including phenoxy) is 1. The van der Waals surface area contributed by atoms with Crippen LogP contribution >= 0.6 is 12.2 Å². The largest absolute Gasteiger partial charge is 0.445 e. The van der Waals surface area contributed by atoms with Crippen LogP contribution in [0.3, 0.4) is 0 Å². The van der Waals surface area contributed by atoms with Gasteiger partial charge in [0.05, 0.1) is 11.7 Å². The van der Waals surface area contributed by atoms with Gasteiger partial charge in [-0.2, -0.15) is 0 Å². The maximum atomic E-state index is 12.5. The van der Waals surface area contributed by atoms with E-state index in [0.717, 1.165) is 35.9 Å². The highest BCUT2D eigenvalue weighted by Crippen LogP contribution is 2.37. The minimum absolute atomic E-state index is 0.0407. The molecule has 1 atom stereocenters. The molecule has 1 aliphatic carbocycles. The molecule has 0 spiro atoms. The lowest BCUT2D eigenvalue weighted by molar-refractivity contribution is 0.112. The molecule has 0 aromatic heterocycles. The predicted molar refractivity (Wildman–Crippen MR) is 137 cm³/mol. The fourth-order valence-electron chi connectivity index (χ4n) is 4.39. The maximum absolute atomic E-state index is 12.5. The highest BCUT2D eigenvalue weighted by molar-refractivity contribution is 7.80. The molecule has 3 rings (SSSR count). The van der Waals surface area contributed by atoms with E-state index < -0.39 is 12.1 Å². The van der Waals surface area contributed by atoms with E-state index in [-0.39, 0.29) is 12.5 Å². The molecule has 5 nitrogen and oxygen atoms in total. The molecule has 1 fully saturated rings. The number of alkyl carbamates (subject to hydrolysis) is 1. The summed E-state index contributed by atoms with van der Waals surface area (Å²) in [7, 11) is 0. The van der Waals surface area contributed by atoms with Gasteiger partial charge >= 0.3 is 6.09 Å². The molecule has 1 saturated carbocycles. The number of aldehydes is 1. The van der Waals surface area contributed by atoms with Crippen molar-refractivity contribution in [2.24, 2.45) is 5.92 Å². The van der Waals surface area contributed by atoms with E-state index >= 15 is 0 Å². The highest BCUT2D eigenvalue weighted by atomic mass is 32.1. The Labute approximate surface area is 202 Å². The van der Waals surface area contributed by atoms with E-state index in [9.17, 15) is 9.59 Å². The predicted octanol–water partition coefficient (Wildman–Crippen LogP) is 6.63. The zero-order valence-corrected chi connectivity index (χ0v) is 20.3. The van der Waals surface area contributed by atoms with Gasteiger partial charge in [0.25, 0.3) is 0 Å². The monoisotopic (exact) mass is 466 g/mol. The van der Waals surface area contributed by atoms with Crippen molar-refractivity contribution in [3.63, 3.8) is 0 Å². The molecule has 1 unspecified atom stereocenters. The summed E-state index contributed by atoms with van der Waals surface area (Å²) in [5.41, 5.74) is 3.42. The Morgan fingerprint density at radius 3 is 2.39 bits per heavy atom. The van der Waals surface area contributed by atoms with Crippen LogP contribution < -0.4 is 10.6 Å². The molecule has 2 N–H and O–H groups in total. The number of thiocarbonyl (C=S) groups is 1. The first-order valence-corrected chi connectivity index (χ1v) is 12.3. The van der Waals surface area contributed by atoms with Crippen LogP contribution in [0.1, 0.15) is 79.8 Å². The summed E-state index contributed by atoms with van der Waals surface area (Å²) in [5, 5.41) is 6.24. The van der Waals surface area contributed by atoms with Gasteiger partial charge in [0.2, 0.25) is 0 Å². The van der Waals surface area contributed by atoms with E-state index in [1.54, 1.807) is 0 Å². The van der Waals surface area contributed by atoms with E-state index in [4.69, 9.17) is 17.0 Å². The van der Waals surface area contributed by atoms with Crippen molar-refractivity contribution < 1.29 is 14.3 Å². The Kier molecular flexibility index (Phi) is 9.43. The fourth-order valence-corrected chi connectivity index (χ4v) is 4.82. The Hall–Kier alpha value is -2.73. The summed E-state index contributed by atoms with van der Waals surface area (Å²) in [5.74, 6) is 0.443. The summed E-state index contributed by atoms with van der Waals surface area (Å²) in [6, 6.07) is 15.0. The van der Waals surface area contributed by atoms with Crippen LogP contribution in [0.4, 0.5) is 10.5 Å². The second-order valence-electron chi connectivity index (χ2n) is 9.03. The Balaban J connectivity index is 1.73. The number of amides is 1. The minimum atomic E-state index is -0.519. The third kappa shape index (κ3) is 7.13. The van der Waals surface area contributed by atoms with Crippen LogP contribution in [0.15, 0.2) is 48.5 Å². The minimum Gasteiger partial charge on any atom is -0.445 e. The van der Waals surface area contributed by atoms with Crippen molar-refractivity contribution in [2.45, 2.75) is 70.9 Å². The highest BCUT2D eigenvalue weighted by Gasteiger charge is 2.25. The normalized spacial score (nSPS) is 15.4. The van der Waals surface area contributed by atoms with Gasteiger partial charge in [0.15, 0.2) is 6.29 Å². The van der Waals surface area contributed by atoms with Crippen molar-refractivity contribution in [3.8, 4) is 0 Å². The van der Waals surface area contributed by atoms with Gasteiger partial charge in [-0.25, -0.2) is 4.79 Å². The number of hydrogen-bond acceptors (Lipinski definition) is 4. The average molecular weight is 467 g/mol. The van der Waals surface area contributed by atoms with Gasteiger partial charge in [-0.3, -0.25) is 4.79 Å². The Morgan fingerprint density at radius 2 is 1.76 bits per heavy atom. The van der Waals surface area contributed by atoms with Gasteiger partial charge in [-0.1, -0.05) is 94.2 Å². The molecular weight excluding hydrogens is 432 g/mol. The molecule has 0 saturated heterocycles. The summed E-state index contributed by atoms with van der Waals surface area (Å²) in [6.07, 6.45) is 7.49. The smallest absolute Gasteiger partial charge is 0.408 e. The lowest BCUT2D eigenvalue weighted by atomic mass is 9.89. The SMILES string of the molecule is CC(C)C(NC(=O)OCc1ccccc1)C(=S)Nc1c(C=O)cccc1C1CCCCCC1. The Morgan fingerprint density at radius 1 is 1.06 bits per heavy atom. The van der Waals surface area contributed by atoms with E-state index in [1.165, 1.54) is 25.7 Å². The number of carbonyl (C=O) groups is 2. The molecule has 0 radical (unpaired) electrons. The number of rotatable bonds is 8. The lowest BCUT2D eigenvalue weighted by Gasteiger charge is -2.27. The van der Waals surface area contributed by atoms with Gasteiger partial charge in [0, 0.05) is 5.56 Å². The number of hydrogen-bond donors (Lipinski definition) is 2. The number of anilines is 1. The van der Waals surface area contributed by atoms with E-state index in [1.807, 2.05) is 56.3 Å². The third-order valence-corrected chi connectivity index (χ3v) is 6.59. The Bertz CT molecular complexity index is 938. The third-order valence-electron chi connectivity index (χ3n) is 6.23. The van der Waals surface area contributed by atoms with Crippen molar-refractivity contribution in [1.29, 1.82) is 0 Å². The second-order valence-corrected chi connectivity index (χ2v) is 9.47.